The third kappa shape index (κ3) is 5.25. The van der Waals surface area contributed by atoms with E-state index in [1.165, 1.54) is 11.6 Å². The number of piperidine rings is 2. The highest BCUT2D eigenvalue weighted by Crippen LogP contribution is 2.37. The molecule has 2 N–H and O–H groups in total. The summed E-state index contributed by atoms with van der Waals surface area (Å²) in [5, 5.41) is 5.36. The van der Waals surface area contributed by atoms with Gasteiger partial charge in [0.15, 0.2) is 0 Å². The molecule has 1 atom stereocenters. The molecule has 1 unspecified atom stereocenters. The summed E-state index contributed by atoms with van der Waals surface area (Å²) in [6.07, 6.45) is 2.55. The van der Waals surface area contributed by atoms with Gasteiger partial charge in [-0.2, -0.15) is 0 Å². The summed E-state index contributed by atoms with van der Waals surface area (Å²) in [6.45, 7) is 9.75. The Morgan fingerprint density at radius 2 is 1.62 bits per heavy atom. The van der Waals surface area contributed by atoms with Gasteiger partial charge in [-0.15, -0.1) is 0 Å². The van der Waals surface area contributed by atoms with E-state index in [0.29, 0.717) is 23.7 Å². The van der Waals surface area contributed by atoms with Crippen LogP contribution in [0, 0.1) is 5.82 Å². The van der Waals surface area contributed by atoms with E-state index in [1.54, 1.807) is 12.1 Å². The van der Waals surface area contributed by atoms with Crippen LogP contribution in [0.2, 0.25) is 0 Å². The highest BCUT2D eigenvalue weighted by molar-refractivity contribution is 6.62. The van der Waals surface area contributed by atoms with Crippen LogP contribution in [0.4, 0.5) is 15.8 Å². The van der Waals surface area contributed by atoms with Crippen molar-refractivity contribution in [1.82, 2.24) is 5.32 Å². The molecule has 0 bridgehead atoms. The van der Waals surface area contributed by atoms with Crippen LogP contribution in [0.25, 0.3) is 0 Å². The zero-order valence-corrected chi connectivity index (χ0v) is 22.0. The van der Waals surface area contributed by atoms with E-state index in [9.17, 15) is 9.59 Å². The second-order valence-electron chi connectivity index (χ2n) is 11.3. The molecule has 2 aromatic carbocycles. The molecule has 3 aliphatic rings. The van der Waals surface area contributed by atoms with Crippen LogP contribution in [0.3, 0.4) is 0 Å². The molecular weight excluding hydrogens is 472 g/mol. The Balaban J connectivity index is 1.17. The summed E-state index contributed by atoms with van der Waals surface area (Å²) in [4.78, 5) is 25.4. The summed E-state index contributed by atoms with van der Waals surface area (Å²) in [6, 6.07) is 13.0. The van der Waals surface area contributed by atoms with Crippen LogP contribution >= 0.6 is 0 Å². The Bertz CT molecular complexity index is 1160. The molecule has 3 aliphatic heterocycles. The van der Waals surface area contributed by atoms with E-state index >= 15 is 4.39 Å². The van der Waals surface area contributed by atoms with Gasteiger partial charge in [0.05, 0.1) is 16.9 Å². The maximum Gasteiger partial charge on any atom is 0.494 e. The summed E-state index contributed by atoms with van der Waals surface area (Å²) in [5.41, 5.74) is 2.68. The number of benzene rings is 2. The molecule has 196 valence electrons. The molecule has 3 saturated heterocycles. The van der Waals surface area contributed by atoms with Crippen LogP contribution in [0.1, 0.15) is 64.9 Å². The third-order valence-electron chi connectivity index (χ3n) is 8.30. The Labute approximate surface area is 218 Å². The maximum atomic E-state index is 15.0. The zero-order valence-electron chi connectivity index (χ0n) is 22.0. The first-order valence-corrected chi connectivity index (χ1v) is 13.1. The summed E-state index contributed by atoms with van der Waals surface area (Å²) in [7, 11) is -0.365. The molecular formula is C28H35BFN3O4. The number of halogens is 1. The molecule has 3 heterocycles. The fourth-order valence-corrected chi connectivity index (χ4v) is 5.24. The minimum absolute atomic E-state index is 0.270. The normalized spacial score (nSPS) is 23.8. The van der Waals surface area contributed by atoms with Crippen molar-refractivity contribution in [1.29, 1.82) is 0 Å². The molecule has 37 heavy (non-hydrogen) atoms. The number of nitrogens with one attached hydrogen (secondary N) is 2. The van der Waals surface area contributed by atoms with Crippen LogP contribution < -0.4 is 21.0 Å². The average molecular weight is 507 g/mol. The van der Waals surface area contributed by atoms with E-state index in [1.807, 2.05) is 0 Å². The Hall–Kier alpha value is -2.91. The topological polar surface area (TPSA) is 79.9 Å². The van der Waals surface area contributed by atoms with Gasteiger partial charge in [-0.05, 0) is 82.1 Å². The van der Waals surface area contributed by atoms with Crippen molar-refractivity contribution in [2.75, 3.05) is 23.3 Å². The van der Waals surface area contributed by atoms with Crippen molar-refractivity contribution < 1.29 is 23.3 Å². The monoisotopic (exact) mass is 507 g/mol. The first-order chi connectivity index (χ1) is 17.5. The van der Waals surface area contributed by atoms with E-state index < -0.39 is 6.04 Å². The maximum absolute atomic E-state index is 15.0. The molecule has 2 amide bonds. The van der Waals surface area contributed by atoms with Gasteiger partial charge in [0, 0.05) is 25.2 Å². The molecule has 9 heteroatoms. The fraction of sp³-hybridized carbons (Fsp3) is 0.500. The molecule has 0 aromatic heterocycles. The predicted molar refractivity (Wildman–Crippen MR) is 143 cm³/mol. The molecule has 0 spiro atoms. The first kappa shape index (κ1) is 25.7. The molecule has 0 aliphatic carbocycles. The number of nitrogens with zero attached hydrogens (tertiary/aromatic N) is 1. The summed E-state index contributed by atoms with van der Waals surface area (Å²) < 4.78 is 27.3. The Morgan fingerprint density at radius 3 is 2.22 bits per heavy atom. The number of rotatable bonds is 5. The van der Waals surface area contributed by atoms with Gasteiger partial charge >= 0.3 is 7.12 Å². The Morgan fingerprint density at radius 1 is 0.973 bits per heavy atom. The van der Waals surface area contributed by atoms with Crippen molar-refractivity contribution in [3.63, 3.8) is 0 Å². The summed E-state index contributed by atoms with van der Waals surface area (Å²) >= 11 is 0. The van der Waals surface area contributed by atoms with E-state index in [4.69, 9.17) is 9.31 Å². The minimum atomic E-state index is -0.533. The quantitative estimate of drug-likeness (QED) is 0.475. The van der Waals surface area contributed by atoms with Crippen molar-refractivity contribution in [3.8, 4) is 0 Å². The highest BCUT2D eigenvalue weighted by Gasteiger charge is 2.51. The predicted octanol–water partition coefficient (Wildman–Crippen LogP) is 3.73. The number of amides is 2. The van der Waals surface area contributed by atoms with E-state index in [2.05, 4.69) is 67.5 Å². The van der Waals surface area contributed by atoms with Crippen molar-refractivity contribution in [2.24, 2.45) is 0 Å². The molecule has 0 radical (unpaired) electrons. The van der Waals surface area contributed by atoms with Gasteiger partial charge in [0.1, 0.15) is 11.9 Å². The lowest BCUT2D eigenvalue weighted by Gasteiger charge is -2.34. The number of hydrogen-bond acceptors (Lipinski definition) is 6. The summed E-state index contributed by atoms with van der Waals surface area (Å²) in [5.74, 6) is -0.539. The lowest BCUT2D eigenvalue weighted by atomic mass is 9.77. The second-order valence-corrected chi connectivity index (χ2v) is 11.3. The van der Waals surface area contributed by atoms with Crippen molar-refractivity contribution in [2.45, 2.75) is 76.5 Å². The number of imide groups is 1. The SMILES string of the molecule is CC1(C)OB(c2ccc(C3CCN(c4ccc(NC5CCC(=O)NC5=O)cc4F)CC3)cc2)OC1(C)C. The van der Waals surface area contributed by atoms with Crippen molar-refractivity contribution in [3.05, 3.63) is 53.8 Å². The molecule has 2 aromatic rings. The molecule has 7 nitrogen and oxygen atoms in total. The standard InChI is InChI=1S/C28H35BFN3O4/c1-27(2)28(3,4)37-29(36-27)20-7-5-18(6-8-20)19-13-15-33(16-14-19)24-11-9-21(17-22(24)30)31-23-10-12-25(34)32-26(23)35/h5-9,11,17,19,23,31H,10,12-16H2,1-4H3,(H,32,34,35). The fourth-order valence-electron chi connectivity index (χ4n) is 5.24. The number of carbonyl (C=O) groups excluding carboxylic acids is 2. The zero-order chi connectivity index (χ0) is 26.4. The molecule has 5 rings (SSSR count). The third-order valence-corrected chi connectivity index (χ3v) is 8.30. The number of carbonyl (C=O) groups is 2. The van der Waals surface area contributed by atoms with Gasteiger partial charge in [-0.1, -0.05) is 24.3 Å². The number of hydrogen-bond donors (Lipinski definition) is 2. The van der Waals surface area contributed by atoms with E-state index in [0.717, 1.165) is 31.4 Å². The average Bonchev–Trinajstić information content (AvgIpc) is 3.08. The first-order valence-electron chi connectivity index (χ1n) is 13.1. The lowest BCUT2D eigenvalue weighted by Crippen LogP contribution is -2.47. The largest absolute Gasteiger partial charge is 0.494 e. The van der Waals surface area contributed by atoms with Gasteiger partial charge < -0.3 is 19.5 Å². The van der Waals surface area contributed by atoms with Gasteiger partial charge in [0.2, 0.25) is 11.8 Å². The smallest absolute Gasteiger partial charge is 0.399 e. The van der Waals surface area contributed by atoms with Crippen LogP contribution in [-0.2, 0) is 18.9 Å². The molecule has 0 saturated carbocycles. The van der Waals surface area contributed by atoms with Crippen LogP contribution in [0.5, 0.6) is 0 Å². The lowest BCUT2D eigenvalue weighted by molar-refractivity contribution is -0.133. The van der Waals surface area contributed by atoms with Crippen LogP contribution in [-0.4, -0.2) is 49.3 Å². The van der Waals surface area contributed by atoms with Crippen LogP contribution in [0.15, 0.2) is 42.5 Å². The van der Waals surface area contributed by atoms with E-state index in [-0.39, 0.29) is 42.4 Å². The highest BCUT2D eigenvalue weighted by atomic mass is 19.1. The van der Waals surface area contributed by atoms with Gasteiger partial charge in [-0.3, -0.25) is 14.9 Å². The van der Waals surface area contributed by atoms with Gasteiger partial charge in [0.25, 0.3) is 0 Å². The molecule has 3 fully saturated rings. The van der Waals surface area contributed by atoms with Gasteiger partial charge in [-0.25, -0.2) is 4.39 Å². The van der Waals surface area contributed by atoms with Crippen molar-refractivity contribution >= 4 is 35.8 Å². The number of anilines is 2. The minimum Gasteiger partial charge on any atom is -0.399 e. The second kappa shape index (κ2) is 9.76. The Kier molecular flexibility index (Phi) is 6.79.